The largest absolute Gasteiger partial charge is 0.359 e. The summed E-state index contributed by atoms with van der Waals surface area (Å²) < 4.78 is 13.6. The highest BCUT2D eigenvalue weighted by molar-refractivity contribution is 9.10. The number of hydrogen-bond donors (Lipinski definition) is 1. The van der Waals surface area contributed by atoms with Crippen molar-refractivity contribution in [2.24, 2.45) is 5.92 Å². The fourth-order valence-corrected chi connectivity index (χ4v) is 2.82. The van der Waals surface area contributed by atoms with Crippen LogP contribution in [-0.4, -0.2) is 36.9 Å². The van der Waals surface area contributed by atoms with E-state index >= 15 is 0 Å². The van der Waals surface area contributed by atoms with Gasteiger partial charge in [0.05, 0.1) is 10.0 Å². The van der Waals surface area contributed by atoms with Gasteiger partial charge in [-0.05, 0) is 40.9 Å². The molecule has 0 radical (unpaired) electrons. The van der Waals surface area contributed by atoms with Crippen molar-refractivity contribution in [3.05, 3.63) is 34.1 Å². The van der Waals surface area contributed by atoms with Gasteiger partial charge in [0.2, 0.25) is 5.91 Å². The molecule has 1 aromatic rings. The van der Waals surface area contributed by atoms with E-state index in [0.29, 0.717) is 31.5 Å². The minimum Gasteiger partial charge on any atom is -0.359 e. The quantitative estimate of drug-likeness (QED) is 0.895. The van der Waals surface area contributed by atoms with Crippen LogP contribution in [0.3, 0.4) is 0 Å². The predicted octanol–water partition coefficient (Wildman–Crippen LogP) is 2.19. The first-order chi connectivity index (χ1) is 9.54. The molecule has 0 atom stereocenters. The summed E-state index contributed by atoms with van der Waals surface area (Å²) >= 11 is 3.11. The summed E-state index contributed by atoms with van der Waals surface area (Å²) in [6.07, 6.45) is 1.27. The van der Waals surface area contributed by atoms with Gasteiger partial charge >= 0.3 is 0 Å². The first-order valence-electron chi connectivity index (χ1n) is 6.49. The molecule has 1 aromatic carbocycles. The summed E-state index contributed by atoms with van der Waals surface area (Å²) in [4.78, 5) is 25.6. The molecule has 0 saturated carbocycles. The molecular formula is C14H16BrFN2O2. The standard InChI is InChI=1S/C14H16BrFN2O2/c1-17-13(19)9-5-7-18(8-6-9)14(20)10-3-2-4-11(16)12(10)15/h2-4,9H,5-8H2,1H3,(H,17,19). The van der Waals surface area contributed by atoms with Crippen LogP contribution < -0.4 is 5.32 Å². The van der Waals surface area contributed by atoms with E-state index in [9.17, 15) is 14.0 Å². The van der Waals surface area contributed by atoms with E-state index in [1.807, 2.05) is 0 Å². The molecule has 4 nitrogen and oxygen atoms in total. The van der Waals surface area contributed by atoms with Crippen molar-refractivity contribution in [2.75, 3.05) is 20.1 Å². The number of amides is 2. The Morgan fingerprint density at radius 2 is 2.00 bits per heavy atom. The third-order valence-corrected chi connectivity index (χ3v) is 4.39. The number of carbonyl (C=O) groups excluding carboxylic acids is 2. The molecule has 0 spiro atoms. The molecular weight excluding hydrogens is 327 g/mol. The average Bonchev–Trinajstić information content (AvgIpc) is 2.48. The summed E-state index contributed by atoms with van der Waals surface area (Å²) in [6.45, 7) is 1.03. The highest BCUT2D eigenvalue weighted by Crippen LogP contribution is 2.24. The topological polar surface area (TPSA) is 49.4 Å². The van der Waals surface area contributed by atoms with Gasteiger partial charge in [-0.2, -0.15) is 0 Å². The lowest BCUT2D eigenvalue weighted by Crippen LogP contribution is -2.42. The Bertz CT molecular complexity index is 528. The van der Waals surface area contributed by atoms with E-state index in [4.69, 9.17) is 0 Å². The van der Waals surface area contributed by atoms with E-state index in [2.05, 4.69) is 21.2 Å². The Kier molecular flexibility index (Phi) is 4.75. The van der Waals surface area contributed by atoms with Crippen LogP contribution in [-0.2, 0) is 4.79 Å². The zero-order valence-electron chi connectivity index (χ0n) is 11.2. The fourth-order valence-electron chi connectivity index (χ4n) is 2.39. The highest BCUT2D eigenvalue weighted by Gasteiger charge is 2.28. The number of carbonyl (C=O) groups is 2. The molecule has 1 fully saturated rings. The van der Waals surface area contributed by atoms with E-state index in [0.717, 1.165) is 0 Å². The molecule has 1 heterocycles. The van der Waals surface area contributed by atoms with Gasteiger partial charge in [-0.15, -0.1) is 0 Å². The number of nitrogens with one attached hydrogen (secondary N) is 1. The van der Waals surface area contributed by atoms with Gasteiger partial charge < -0.3 is 10.2 Å². The van der Waals surface area contributed by atoms with Crippen LogP contribution in [0.25, 0.3) is 0 Å². The van der Waals surface area contributed by atoms with Gasteiger partial charge in [0.25, 0.3) is 5.91 Å². The number of hydrogen-bond acceptors (Lipinski definition) is 2. The Morgan fingerprint density at radius 1 is 1.35 bits per heavy atom. The number of halogens is 2. The molecule has 2 rings (SSSR count). The molecule has 108 valence electrons. The fraction of sp³-hybridized carbons (Fsp3) is 0.429. The molecule has 0 unspecified atom stereocenters. The average molecular weight is 343 g/mol. The van der Waals surface area contributed by atoms with Crippen LogP contribution in [0.2, 0.25) is 0 Å². The first kappa shape index (κ1) is 15.0. The number of nitrogens with zero attached hydrogens (tertiary/aromatic N) is 1. The van der Waals surface area contributed by atoms with Crippen LogP contribution >= 0.6 is 15.9 Å². The summed E-state index contributed by atoms with van der Waals surface area (Å²) in [5, 5.41) is 2.63. The van der Waals surface area contributed by atoms with Crippen LogP contribution in [0.15, 0.2) is 22.7 Å². The van der Waals surface area contributed by atoms with Gasteiger partial charge in [0, 0.05) is 26.1 Å². The molecule has 20 heavy (non-hydrogen) atoms. The Labute approximate surface area is 125 Å². The summed E-state index contributed by atoms with van der Waals surface area (Å²) in [6, 6.07) is 4.42. The third-order valence-electron chi connectivity index (χ3n) is 3.58. The molecule has 2 amide bonds. The van der Waals surface area contributed by atoms with E-state index in [1.54, 1.807) is 18.0 Å². The maximum absolute atomic E-state index is 13.4. The van der Waals surface area contributed by atoms with E-state index < -0.39 is 5.82 Å². The number of benzene rings is 1. The summed E-state index contributed by atoms with van der Waals surface area (Å²) in [5.74, 6) is -0.674. The minimum atomic E-state index is -0.448. The summed E-state index contributed by atoms with van der Waals surface area (Å²) in [5.41, 5.74) is 0.323. The van der Waals surface area contributed by atoms with Gasteiger partial charge in [-0.1, -0.05) is 6.07 Å². The minimum absolute atomic E-state index is 0.0176. The predicted molar refractivity (Wildman–Crippen MR) is 76.8 cm³/mol. The molecule has 1 N–H and O–H groups in total. The Morgan fingerprint density at radius 3 is 2.60 bits per heavy atom. The van der Waals surface area contributed by atoms with Gasteiger partial charge in [-0.25, -0.2) is 4.39 Å². The van der Waals surface area contributed by atoms with Crippen molar-refractivity contribution in [2.45, 2.75) is 12.8 Å². The van der Waals surface area contributed by atoms with Crippen LogP contribution in [0.5, 0.6) is 0 Å². The number of piperidine rings is 1. The molecule has 1 aliphatic rings. The van der Waals surface area contributed by atoms with Crippen molar-refractivity contribution in [1.82, 2.24) is 10.2 Å². The van der Waals surface area contributed by atoms with Crippen molar-refractivity contribution >= 4 is 27.7 Å². The third kappa shape index (κ3) is 3.00. The smallest absolute Gasteiger partial charge is 0.255 e. The van der Waals surface area contributed by atoms with Crippen molar-refractivity contribution < 1.29 is 14.0 Å². The van der Waals surface area contributed by atoms with Gasteiger partial charge in [0.15, 0.2) is 0 Å². The van der Waals surface area contributed by atoms with Crippen molar-refractivity contribution in [3.8, 4) is 0 Å². The maximum Gasteiger partial charge on any atom is 0.255 e. The van der Waals surface area contributed by atoms with Crippen molar-refractivity contribution in [3.63, 3.8) is 0 Å². The second kappa shape index (κ2) is 6.35. The summed E-state index contributed by atoms with van der Waals surface area (Å²) in [7, 11) is 1.61. The first-order valence-corrected chi connectivity index (χ1v) is 7.28. The molecule has 1 saturated heterocycles. The Balaban J connectivity index is 2.05. The van der Waals surface area contributed by atoms with Crippen LogP contribution in [0, 0.1) is 11.7 Å². The monoisotopic (exact) mass is 342 g/mol. The molecule has 0 aliphatic carbocycles. The molecule has 6 heteroatoms. The molecule has 1 aliphatic heterocycles. The van der Waals surface area contributed by atoms with Gasteiger partial charge in [0.1, 0.15) is 5.82 Å². The number of likely N-dealkylation sites (tertiary alicyclic amines) is 1. The maximum atomic E-state index is 13.4. The zero-order chi connectivity index (χ0) is 14.7. The SMILES string of the molecule is CNC(=O)C1CCN(C(=O)c2cccc(F)c2Br)CC1. The van der Waals surface area contributed by atoms with Crippen molar-refractivity contribution in [1.29, 1.82) is 0 Å². The lowest BCUT2D eigenvalue weighted by molar-refractivity contribution is -0.125. The van der Waals surface area contributed by atoms with E-state index in [-0.39, 0.29) is 22.2 Å². The van der Waals surface area contributed by atoms with E-state index in [1.165, 1.54) is 12.1 Å². The number of rotatable bonds is 2. The lowest BCUT2D eigenvalue weighted by Gasteiger charge is -2.31. The Hall–Kier alpha value is -1.43. The normalized spacial score (nSPS) is 16.1. The second-order valence-electron chi connectivity index (χ2n) is 4.78. The van der Waals surface area contributed by atoms with Crippen LogP contribution in [0.1, 0.15) is 23.2 Å². The second-order valence-corrected chi connectivity index (χ2v) is 5.58. The zero-order valence-corrected chi connectivity index (χ0v) is 12.7. The molecule has 0 aromatic heterocycles. The molecule has 0 bridgehead atoms. The lowest BCUT2D eigenvalue weighted by atomic mass is 9.95. The highest BCUT2D eigenvalue weighted by atomic mass is 79.9. The van der Waals surface area contributed by atoms with Gasteiger partial charge in [-0.3, -0.25) is 9.59 Å². The van der Waals surface area contributed by atoms with Crippen LogP contribution in [0.4, 0.5) is 4.39 Å².